The second-order valence-corrected chi connectivity index (χ2v) is 6.08. The fourth-order valence-corrected chi connectivity index (χ4v) is 2.28. The van der Waals surface area contributed by atoms with Crippen LogP contribution in [-0.4, -0.2) is 11.1 Å². The molecule has 0 rings (SSSR count). The van der Waals surface area contributed by atoms with Gasteiger partial charge in [0.2, 0.25) is 0 Å². The Morgan fingerprint density at radius 1 is 0.667 bits per heavy atom. The summed E-state index contributed by atoms with van der Waals surface area (Å²) in [5.41, 5.74) is 0. The summed E-state index contributed by atoms with van der Waals surface area (Å²) in [5, 5.41) is 8.52. The lowest BCUT2D eigenvalue weighted by molar-refractivity contribution is -0.137. The number of hydrogen-bond donors (Lipinski definition) is 1. The number of rotatable bonds is 16. The van der Waals surface area contributed by atoms with Crippen LogP contribution in [0.15, 0.2) is 48.6 Å². The maximum Gasteiger partial charge on any atom is 0.303 e. The molecular weight excluding hydrogens is 296 g/mol. The van der Waals surface area contributed by atoms with Gasteiger partial charge in [-0.25, -0.2) is 0 Å². The number of carboxylic acid groups (broad SMARTS) is 1. The van der Waals surface area contributed by atoms with Crippen molar-refractivity contribution in [2.45, 2.75) is 84.0 Å². The van der Waals surface area contributed by atoms with Crippen molar-refractivity contribution in [2.24, 2.45) is 0 Å². The summed E-state index contributed by atoms with van der Waals surface area (Å²) in [4.78, 5) is 10.3. The van der Waals surface area contributed by atoms with Crippen LogP contribution in [0.4, 0.5) is 0 Å². The Balaban J connectivity index is 3.38. The molecule has 0 fully saturated rings. The molecule has 0 aliphatic carbocycles. The molecule has 0 spiro atoms. The normalized spacial score (nSPS) is 12.4. The fourth-order valence-electron chi connectivity index (χ4n) is 2.28. The van der Waals surface area contributed by atoms with E-state index < -0.39 is 5.97 Å². The van der Waals surface area contributed by atoms with E-state index in [1.54, 1.807) is 0 Å². The Kier molecular flexibility index (Phi) is 18.2. The molecular formula is C22H36O2. The number of hydrogen-bond acceptors (Lipinski definition) is 1. The van der Waals surface area contributed by atoms with Gasteiger partial charge < -0.3 is 5.11 Å². The van der Waals surface area contributed by atoms with E-state index in [1.807, 2.05) is 0 Å². The molecule has 0 bridgehead atoms. The van der Waals surface area contributed by atoms with Gasteiger partial charge in [-0.3, -0.25) is 4.79 Å². The van der Waals surface area contributed by atoms with E-state index >= 15 is 0 Å². The van der Waals surface area contributed by atoms with Crippen molar-refractivity contribution in [1.29, 1.82) is 0 Å². The monoisotopic (exact) mass is 332 g/mol. The third-order valence-electron chi connectivity index (χ3n) is 3.72. The second kappa shape index (κ2) is 19.5. The maximum absolute atomic E-state index is 10.3. The summed E-state index contributed by atoms with van der Waals surface area (Å²) >= 11 is 0. The molecule has 0 aromatic rings. The van der Waals surface area contributed by atoms with Crippen LogP contribution in [0.3, 0.4) is 0 Å². The molecule has 1 N–H and O–H groups in total. The van der Waals surface area contributed by atoms with E-state index in [-0.39, 0.29) is 6.42 Å². The molecule has 0 radical (unpaired) electrons. The van der Waals surface area contributed by atoms with Crippen molar-refractivity contribution < 1.29 is 9.90 Å². The minimum Gasteiger partial charge on any atom is -0.481 e. The summed E-state index contributed by atoms with van der Waals surface area (Å²) in [6, 6.07) is 0. The molecule has 0 aromatic carbocycles. The predicted molar refractivity (Wildman–Crippen MR) is 105 cm³/mol. The van der Waals surface area contributed by atoms with Gasteiger partial charge in [0, 0.05) is 6.42 Å². The van der Waals surface area contributed by atoms with Gasteiger partial charge in [-0.15, -0.1) is 0 Å². The molecule has 0 aliphatic rings. The van der Waals surface area contributed by atoms with E-state index in [0.29, 0.717) is 0 Å². The summed E-state index contributed by atoms with van der Waals surface area (Å²) in [6.45, 7) is 2.25. The molecule has 0 saturated carbocycles. The van der Waals surface area contributed by atoms with Gasteiger partial charge in [-0.2, -0.15) is 0 Å². The number of unbranched alkanes of at least 4 members (excludes halogenated alkanes) is 6. The molecule has 2 nitrogen and oxygen atoms in total. The van der Waals surface area contributed by atoms with Crippen LogP contribution in [0.25, 0.3) is 0 Å². The maximum atomic E-state index is 10.3. The van der Waals surface area contributed by atoms with Gasteiger partial charge in [0.1, 0.15) is 0 Å². The molecule has 2 heteroatoms. The topological polar surface area (TPSA) is 37.3 Å². The van der Waals surface area contributed by atoms with E-state index in [4.69, 9.17) is 5.11 Å². The Hall–Kier alpha value is -1.57. The molecule has 0 heterocycles. The largest absolute Gasteiger partial charge is 0.481 e. The quantitative estimate of drug-likeness (QED) is 0.244. The summed E-state index contributed by atoms with van der Waals surface area (Å²) < 4.78 is 0. The SMILES string of the molecule is CCCCCC/C=C/C/C=C/C/C=C/C/C=C/CCCCC(=O)O. The van der Waals surface area contributed by atoms with E-state index in [1.165, 1.54) is 32.1 Å². The zero-order valence-electron chi connectivity index (χ0n) is 15.5. The van der Waals surface area contributed by atoms with Crippen molar-refractivity contribution in [2.75, 3.05) is 0 Å². The molecule has 0 aliphatic heterocycles. The van der Waals surface area contributed by atoms with Gasteiger partial charge in [-0.05, 0) is 51.4 Å². The highest BCUT2D eigenvalue weighted by molar-refractivity contribution is 5.66. The lowest BCUT2D eigenvalue weighted by Gasteiger charge is -1.93. The molecule has 24 heavy (non-hydrogen) atoms. The van der Waals surface area contributed by atoms with Gasteiger partial charge in [0.05, 0.1) is 0 Å². The smallest absolute Gasteiger partial charge is 0.303 e. The molecule has 136 valence electrons. The lowest BCUT2D eigenvalue weighted by atomic mass is 10.1. The van der Waals surface area contributed by atoms with Gasteiger partial charge in [0.15, 0.2) is 0 Å². The van der Waals surface area contributed by atoms with Crippen LogP contribution in [0, 0.1) is 0 Å². The Morgan fingerprint density at radius 2 is 1.12 bits per heavy atom. The van der Waals surface area contributed by atoms with Crippen LogP contribution in [0.1, 0.15) is 84.0 Å². The van der Waals surface area contributed by atoms with Crippen molar-refractivity contribution >= 4 is 5.97 Å². The Morgan fingerprint density at radius 3 is 1.58 bits per heavy atom. The van der Waals surface area contributed by atoms with Crippen molar-refractivity contribution in [3.63, 3.8) is 0 Å². The van der Waals surface area contributed by atoms with E-state index in [0.717, 1.165) is 38.5 Å². The summed E-state index contributed by atoms with van der Waals surface area (Å²) in [6.07, 6.45) is 30.3. The third-order valence-corrected chi connectivity index (χ3v) is 3.72. The zero-order chi connectivity index (χ0) is 17.7. The van der Waals surface area contributed by atoms with Crippen LogP contribution in [0.5, 0.6) is 0 Å². The molecule has 0 amide bonds. The first-order valence-electron chi connectivity index (χ1n) is 9.59. The number of allylic oxidation sites excluding steroid dienone is 8. The van der Waals surface area contributed by atoms with Gasteiger partial charge in [0.25, 0.3) is 0 Å². The minimum absolute atomic E-state index is 0.286. The van der Waals surface area contributed by atoms with Crippen LogP contribution in [0.2, 0.25) is 0 Å². The average molecular weight is 333 g/mol. The molecule has 0 atom stereocenters. The minimum atomic E-state index is -0.697. The summed E-state index contributed by atoms with van der Waals surface area (Å²) in [7, 11) is 0. The highest BCUT2D eigenvalue weighted by Gasteiger charge is 1.93. The Bertz CT molecular complexity index is 389. The van der Waals surface area contributed by atoms with E-state index in [9.17, 15) is 4.79 Å². The fraction of sp³-hybridized carbons (Fsp3) is 0.591. The van der Waals surface area contributed by atoms with Crippen molar-refractivity contribution in [3.05, 3.63) is 48.6 Å². The molecule has 0 saturated heterocycles. The van der Waals surface area contributed by atoms with Crippen LogP contribution >= 0.6 is 0 Å². The third kappa shape index (κ3) is 20.4. The number of carboxylic acids is 1. The van der Waals surface area contributed by atoms with Crippen LogP contribution < -0.4 is 0 Å². The van der Waals surface area contributed by atoms with E-state index in [2.05, 4.69) is 55.5 Å². The zero-order valence-corrected chi connectivity index (χ0v) is 15.5. The van der Waals surface area contributed by atoms with Gasteiger partial charge in [-0.1, -0.05) is 74.8 Å². The lowest BCUT2D eigenvalue weighted by Crippen LogP contribution is -1.92. The first-order chi connectivity index (χ1) is 11.8. The van der Waals surface area contributed by atoms with Crippen molar-refractivity contribution in [3.8, 4) is 0 Å². The first-order valence-corrected chi connectivity index (χ1v) is 9.59. The number of aliphatic carboxylic acids is 1. The first kappa shape index (κ1) is 22.4. The average Bonchev–Trinajstić information content (AvgIpc) is 2.56. The molecule has 0 aromatic heterocycles. The molecule has 0 unspecified atom stereocenters. The van der Waals surface area contributed by atoms with Crippen molar-refractivity contribution in [1.82, 2.24) is 0 Å². The highest BCUT2D eigenvalue weighted by atomic mass is 16.4. The highest BCUT2D eigenvalue weighted by Crippen LogP contribution is 2.04. The number of carbonyl (C=O) groups is 1. The summed E-state index contributed by atoms with van der Waals surface area (Å²) in [5.74, 6) is -0.697. The standard InChI is InChI=1S/C22H36O2/c1-2-3-4-5-6-7-8-9-10-11-12-13-14-15-16-17-18-19-20-21-22(23)24/h7-8,10-11,13-14,16-17H,2-6,9,12,15,18-21H2,1H3,(H,23,24)/b8-7+,11-10+,14-13+,17-16+. The predicted octanol–water partition coefficient (Wildman–Crippen LogP) is 7.00. The Labute approximate surface area is 149 Å². The van der Waals surface area contributed by atoms with Crippen LogP contribution in [-0.2, 0) is 4.79 Å². The second-order valence-electron chi connectivity index (χ2n) is 6.08. The van der Waals surface area contributed by atoms with Gasteiger partial charge >= 0.3 is 5.97 Å².